The number of tetrazole rings is 1. The number of benzene rings is 1. The average Bonchev–Trinajstić information content (AvgIpc) is 2.78. The second-order valence-corrected chi connectivity index (χ2v) is 5.02. The highest BCUT2D eigenvalue weighted by Crippen LogP contribution is 2.18. The van der Waals surface area contributed by atoms with Gasteiger partial charge in [-0.1, -0.05) is 30.3 Å². The molecule has 0 aliphatic carbocycles. The fraction of sp³-hybridized carbons (Fsp3) is 0.308. The Kier molecular flexibility index (Phi) is 3.14. The predicted octanol–water partition coefficient (Wildman–Crippen LogP) is 2.48. The first-order chi connectivity index (χ1) is 8.48. The van der Waals surface area contributed by atoms with E-state index in [9.17, 15) is 5.11 Å². The van der Waals surface area contributed by atoms with E-state index >= 15 is 0 Å². The Morgan fingerprint density at radius 3 is 2.50 bits per heavy atom. The van der Waals surface area contributed by atoms with Crippen molar-refractivity contribution >= 4 is 11.8 Å². The molecular formula is C13H16N4O. The molecule has 1 heterocycles. The topological polar surface area (TPSA) is 63.8 Å². The van der Waals surface area contributed by atoms with Crippen LogP contribution in [0.5, 0.6) is 0 Å². The van der Waals surface area contributed by atoms with Gasteiger partial charge in [-0.15, -0.1) is 5.10 Å². The standard InChI is InChI=1S/C13H16N4O/c1-13(2,3)17-12(14-15-16-17)9-11(18)10-7-5-4-6-8-10/h4-9,18H,1-3H3. The fourth-order valence-corrected chi connectivity index (χ4v) is 1.58. The van der Waals surface area contributed by atoms with Gasteiger partial charge in [0.1, 0.15) is 5.76 Å². The minimum absolute atomic E-state index is 0.149. The molecule has 0 saturated carbocycles. The SMILES string of the molecule is CC(C)(C)n1nnnc1C=C(O)c1ccccc1. The fourth-order valence-electron chi connectivity index (χ4n) is 1.58. The van der Waals surface area contributed by atoms with Crippen molar-refractivity contribution in [2.45, 2.75) is 26.3 Å². The van der Waals surface area contributed by atoms with Gasteiger partial charge in [0.05, 0.1) is 5.54 Å². The van der Waals surface area contributed by atoms with Crippen LogP contribution in [0.2, 0.25) is 0 Å². The van der Waals surface area contributed by atoms with Crippen LogP contribution in [0, 0.1) is 0 Å². The summed E-state index contributed by atoms with van der Waals surface area (Å²) in [5.74, 6) is 0.680. The zero-order chi connectivity index (χ0) is 13.2. The highest BCUT2D eigenvalue weighted by molar-refractivity contribution is 5.73. The van der Waals surface area contributed by atoms with Gasteiger partial charge in [-0.3, -0.25) is 0 Å². The van der Waals surface area contributed by atoms with Crippen molar-refractivity contribution in [1.82, 2.24) is 20.2 Å². The minimum Gasteiger partial charge on any atom is -0.507 e. The summed E-state index contributed by atoms with van der Waals surface area (Å²) >= 11 is 0. The van der Waals surface area contributed by atoms with Crippen molar-refractivity contribution in [3.8, 4) is 0 Å². The van der Waals surface area contributed by atoms with Gasteiger partial charge in [0, 0.05) is 11.6 Å². The summed E-state index contributed by atoms with van der Waals surface area (Å²) in [4.78, 5) is 0. The average molecular weight is 244 g/mol. The molecule has 0 radical (unpaired) electrons. The summed E-state index contributed by atoms with van der Waals surface area (Å²) in [6.45, 7) is 6.00. The molecule has 0 bridgehead atoms. The molecule has 1 N–H and O–H groups in total. The maximum atomic E-state index is 10.0. The maximum Gasteiger partial charge on any atom is 0.178 e. The zero-order valence-corrected chi connectivity index (χ0v) is 10.7. The second kappa shape index (κ2) is 4.60. The molecule has 0 aliphatic rings. The monoisotopic (exact) mass is 244 g/mol. The quantitative estimate of drug-likeness (QED) is 0.824. The van der Waals surface area contributed by atoms with Crippen LogP contribution in [0.1, 0.15) is 32.2 Å². The Hall–Kier alpha value is -2.17. The molecule has 0 fully saturated rings. The van der Waals surface area contributed by atoms with Crippen LogP contribution in [0.4, 0.5) is 0 Å². The predicted molar refractivity (Wildman–Crippen MR) is 69.8 cm³/mol. The van der Waals surface area contributed by atoms with E-state index in [1.54, 1.807) is 10.8 Å². The van der Waals surface area contributed by atoms with E-state index in [4.69, 9.17) is 0 Å². The first kappa shape index (κ1) is 12.3. The molecule has 0 atom stereocenters. The number of nitrogens with zero attached hydrogens (tertiary/aromatic N) is 4. The van der Waals surface area contributed by atoms with E-state index < -0.39 is 0 Å². The highest BCUT2D eigenvalue weighted by Gasteiger charge is 2.18. The molecular weight excluding hydrogens is 228 g/mol. The van der Waals surface area contributed by atoms with Crippen LogP contribution in [0.3, 0.4) is 0 Å². The summed E-state index contributed by atoms with van der Waals surface area (Å²) < 4.78 is 1.67. The van der Waals surface area contributed by atoms with Crippen LogP contribution < -0.4 is 0 Å². The van der Waals surface area contributed by atoms with Gasteiger partial charge in [-0.2, -0.15) is 0 Å². The van der Waals surface area contributed by atoms with Crippen LogP contribution in [-0.2, 0) is 5.54 Å². The molecule has 0 spiro atoms. The van der Waals surface area contributed by atoms with Gasteiger partial charge in [0.25, 0.3) is 0 Å². The number of aromatic nitrogens is 4. The maximum absolute atomic E-state index is 10.0. The normalized spacial score (nSPS) is 12.7. The van der Waals surface area contributed by atoms with Crippen molar-refractivity contribution in [1.29, 1.82) is 0 Å². The summed E-state index contributed by atoms with van der Waals surface area (Å²) in [5.41, 5.74) is 0.507. The Balaban J connectivity index is 2.37. The molecule has 5 heteroatoms. The van der Waals surface area contributed by atoms with E-state index in [-0.39, 0.29) is 11.3 Å². The molecule has 94 valence electrons. The summed E-state index contributed by atoms with van der Waals surface area (Å²) in [6, 6.07) is 9.29. The number of aliphatic hydroxyl groups is 1. The number of rotatable bonds is 2. The van der Waals surface area contributed by atoms with Crippen molar-refractivity contribution in [3.05, 3.63) is 41.7 Å². The molecule has 1 aromatic heterocycles. The molecule has 0 saturated heterocycles. The first-order valence-electron chi connectivity index (χ1n) is 5.73. The number of hydrogen-bond acceptors (Lipinski definition) is 4. The molecule has 2 rings (SSSR count). The van der Waals surface area contributed by atoms with Crippen molar-refractivity contribution in [3.63, 3.8) is 0 Å². The van der Waals surface area contributed by atoms with Crippen LogP contribution in [-0.4, -0.2) is 25.3 Å². The minimum atomic E-state index is -0.230. The molecule has 0 unspecified atom stereocenters. The molecule has 5 nitrogen and oxygen atoms in total. The van der Waals surface area contributed by atoms with Crippen LogP contribution >= 0.6 is 0 Å². The van der Waals surface area contributed by atoms with Gasteiger partial charge in [0.2, 0.25) is 0 Å². The van der Waals surface area contributed by atoms with Gasteiger partial charge in [-0.05, 0) is 31.2 Å². The van der Waals surface area contributed by atoms with Gasteiger partial charge in [-0.25, -0.2) is 4.68 Å². The van der Waals surface area contributed by atoms with Crippen LogP contribution in [0.25, 0.3) is 11.8 Å². The number of hydrogen-bond donors (Lipinski definition) is 1. The first-order valence-corrected chi connectivity index (χ1v) is 5.73. The summed E-state index contributed by atoms with van der Waals surface area (Å²) in [7, 11) is 0. The van der Waals surface area contributed by atoms with E-state index in [1.807, 2.05) is 51.1 Å². The molecule has 0 aliphatic heterocycles. The lowest BCUT2D eigenvalue weighted by atomic mass is 10.1. The van der Waals surface area contributed by atoms with Gasteiger partial charge < -0.3 is 5.11 Å². The Morgan fingerprint density at radius 1 is 1.22 bits per heavy atom. The molecule has 2 aromatic rings. The van der Waals surface area contributed by atoms with Crippen LogP contribution in [0.15, 0.2) is 30.3 Å². The third-order valence-electron chi connectivity index (χ3n) is 2.46. The second-order valence-electron chi connectivity index (χ2n) is 5.02. The third-order valence-corrected chi connectivity index (χ3v) is 2.46. The summed E-state index contributed by atoms with van der Waals surface area (Å²) in [6.07, 6.45) is 1.57. The van der Waals surface area contributed by atoms with E-state index in [2.05, 4.69) is 15.5 Å². The van der Waals surface area contributed by atoms with Crippen molar-refractivity contribution in [2.24, 2.45) is 0 Å². The van der Waals surface area contributed by atoms with E-state index in [1.165, 1.54) is 0 Å². The van der Waals surface area contributed by atoms with E-state index in [0.29, 0.717) is 5.82 Å². The van der Waals surface area contributed by atoms with Gasteiger partial charge in [0.15, 0.2) is 5.82 Å². The molecule has 1 aromatic carbocycles. The molecule has 18 heavy (non-hydrogen) atoms. The smallest absolute Gasteiger partial charge is 0.178 e. The lowest BCUT2D eigenvalue weighted by Gasteiger charge is -2.18. The zero-order valence-electron chi connectivity index (χ0n) is 10.7. The Labute approximate surface area is 106 Å². The van der Waals surface area contributed by atoms with Crippen molar-refractivity contribution in [2.75, 3.05) is 0 Å². The van der Waals surface area contributed by atoms with Crippen molar-refractivity contribution < 1.29 is 5.11 Å². The Bertz CT molecular complexity index is 552. The third kappa shape index (κ3) is 2.56. The number of aliphatic hydroxyl groups excluding tert-OH is 1. The largest absolute Gasteiger partial charge is 0.507 e. The lowest BCUT2D eigenvalue weighted by Crippen LogP contribution is -2.24. The van der Waals surface area contributed by atoms with Gasteiger partial charge >= 0.3 is 0 Å². The molecule has 0 amide bonds. The highest BCUT2D eigenvalue weighted by atomic mass is 16.3. The van der Waals surface area contributed by atoms with E-state index in [0.717, 1.165) is 5.56 Å². The lowest BCUT2D eigenvalue weighted by molar-refractivity contribution is 0.344. The Morgan fingerprint density at radius 2 is 1.89 bits per heavy atom. The summed E-state index contributed by atoms with van der Waals surface area (Å²) in [5, 5.41) is 21.5.